The Kier molecular flexibility index (Phi) is 3.72. The van der Waals surface area contributed by atoms with Gasteiger partial charge in [0, 0.05) is 0 Å². The molecule has 1 amide bonds. The first-order chi connectivity index (χ1) is 11.4. The molecule has 0 radical (unpaired) electrons. The van der Waals surface area contributed by atoms with Crippen LogP contribution < -0.4 is 15.4 Å². The summed E-state index contributed by atoms with van der Waals surface area (Å²) < 4.78 is 5.02. The Balaban J connectivity index is 2.12. The number of hydrogen-bond donors (Lipinski definition) is 3. The third kappa shape index (κ3) is 2.47. The maximum atomic E-state index is 12.3. The van der Waals surface area contributed by atoms with E-state index in [9.17, 15) is 20.0 Å². The van der Waals surface area contributed by atoms with Gasteiger partial charge >= 0.3 is 0 Å². The van der Waals surface area contributed by atoms with Gasteiger partial charge in [0.2, 0.25) is 0 Å². The lowest BCUT2D eigenvalue weighted by molar-refractivity contribution is -0.385. The fraction of sp³-hybridized carbons (Fsp3) is 0.188. The van der Waals surface area contributed by atoms with E-state index in [0.29, 0.717) is 11.3 Å². The van der Waals surface area contributed by atoms with Crippen LogP contribution >= 0.6 is 0 Å². The molecule has 1 aliphatic heterocycles. The molecule has 0 aliphatic carbocycles. The van der Waals surface area contributed by atoms with Crippen molar-refractivity contribution < 1.29 is 19.6 Å². The maximum absolute atomic E-state index is 12.3. The average molecular weight is 329 g/mol. The summed E-state index contributed by atoms with van der Waals surface area (Å²) >= 11 is 0. The molecule has 1 heterocycles. The van der Waals surface area contributed by atoms with E-state index in [1.54, 1.807) is 12.1 Å². The Morgan fingerprint density at radius 2 is 2.04 bits per heavy atom. The number of benzene rings is 2. The molecule has 0 bridgehead atoms. The molecule has 2 aromatic carbocycles. The van der Waals surface area contributed by atoms with E-state index >= 15 is 0 Å². The van der Waals surface area contributed by atoms with Gasteiger partial charge in [0.15, 0.2) is 11.5 Å². The van der Waals surface area contributed by atoms with Gasteiger partial charge in [-0.1, -0.05) is 12.1 Å². The average Bonchev–Trinajstić information content (AvgIpc) is 2.55. The lowest BCUT2D eigenvalue weighted by Crippen LogP contribution is -2.39. The van der Waals surface area contributed by atoms with E-state index < -0.39 is 11.1 Å². The molecule has 0 aromatic heterocycles. The number of methoxy groups -OCH3 is 1. The molecule has 1 atom stereocenters. The third-order valence-electron chi connectivity index (χ3n) is 3.92. The number of para-hydroxylation sites is 1. The summed E-state index contributed by atoms with van der Waals surface area (Å²) in [7, 11) is 1.34. The van der Waals surface area contributed by atoms with Gasteiger partial charge in [0.25, 0.3) is 11.6 Å². The van der Waals surface area contributed by atoms with Crippen LogP contribution in [0.1, 0.15) is 27.7 Å². The number of phenolic OH excluding ortho intramolecular Hbond substituents is 1. The van der Waals surface area contributed by atoms with Gasteiger partial charge in [0.1, 0.15) is 6.17 Å². The Labute approximate surface area is 137 Å². The topological polar surface area (TPSA) is 114 Å². The number of nitro groups is 1. The molecule has 1 aliphatic rings. The second-order valence-corrected chi connectivity index (χ2v) is 5.39. The molecule has 124 valence electrons. The number of nitro benzene ring substituents is 1. The molecule has 0 saturated heterocycles. The third-order valence-corrected chi connectivity index (χ3v) is 3.92. The van der Waals surface area contributed by atoms with Gasteiger partial charge < -0.3 is 20.5 Å². The number of hydrogen-bond acceptors (Lipinski definition) is 6. The summed E-state index contributed by atoms with van der Waals surface area (Å²) in [4.78, 5) is 23.0. The molecular formula is C16H15N3O5. The van der Waals surface area contributed by atoms with Crippen molar-refractivity contribution in [2.45, 2.75) is 13.1 Å². The van der Waals surface area contributed by atoms with E-state index in [1.165, 1.54) is 13.2 Å². The Morgan fingerprint density at radius 1 is 1.29 bits per heavy atom. The van der Waals surface area contributed by atoms with Crippen LogP contribution in [0.4, 0.5) is 11.4 Å². The van der Waals surface area contributed by atoms with Crippen molar-refractivity contribution in [3.63, 3.8) is 0 Å². The number of rotatable bonds is 3. The van der Waals surface area contributed by atoms with Crippen LogP contribution in [0.3, 0.4) is 0 Å². The molecule has 1 unspecified atom stereocenters. The minimum Gasteiger partial charge on any atom is -0.504 e. The first-order valence-corrected chi connectivity index (χ1v) is 7.14. The zero-order valence-corrected chi connectivity index (χ0v) is 13.0. The molecule has 24 heavy (non-hydrogen) atoms. The van der Waals surface area contributed by atoms with Crippen LogP contribution in [0.5, 0.6) is 11.5 Å². The molecule has 8 nitrogen and oxygen atoms in total. The van der Waals surface area contributed by atoms with Crippen molar-refractivity contribution in [1.29, 1.82) is 0 Å². The van der Waals surface area contributed by atoms with Gasteiger partial charge in [-0.05, 0) is 24.6 Å². The maximum Gasteiger partial charge on any atom is 0.280 e. The smallest absolute Gasteiger partial charge is 0.280 e. The number of amides is 1. The van der Waals surface area contributed by atoms with E-state index in [-0.39, 0.29) is 28.7 Å². The second-order valence-electron chi connectivity index (χ2n) is 5.39. The van der Waals surface area contributed by atoms with E-state index in [0.717, 1.165) is 11.6 Å². The minimum atomic E-state index is -0.819. The first kappa shape index (κ1) is 15.6. The number of carbonyl (C=O) groups is 1. The fourth-order valence-corrected chi connectivity index (χ4v) is 2.72. The van der Waals surface area contributed by atoms with Crippen molar-refractivity contribution in [3.05, 3.63) is 57.1 Å². The van der Waals surface area contributed by atoms with Crippen molar-refractivity contribution in [3.8, 4) is 11.5 Å². The van der Waals surface area contributed by atoms with Crippen molar-refractivity contribution >= 4 is 17.3 Å². The highest BCUT2D eigenvalue weighted by Gasteiger charge is 2.31. The summed E-state index contributed by atoms with van der Waals surface area (Å²) in [5, 5.41) is 26.9. The SMILES string of the molecule is COc1cc(C2NC(=O)c3cccc(C)c3N2)c([N+](=O)[O-])cc1O. The predicted molar refractivity (Wildman–Crippen MR) is 86.3 cm³/mol. The molecule has 0 spiro atoms. The van der Waals surface area contributed by atoms with E-state index in [1.807, 2.05) is 13.0 Å². The summed E-state index contributed by atoms with van der Waals surface area (Å²) in [6, 6.07) is 7.63. The largest absolute Gasteiger partial charge is 0.504 e. The Hall–Kier alpha value is -3.29. The van der Waals surface area contributed by atoms with Gasteiger partial charge in [-0.25, -0.2) is 0 Å². The predicted octanol–water partition coefficient (Wildman–Crippen LogP) is 2.47. The summed E-state index contributed by atoms with van der Waals surface area (Å²) in [6.07, 6.45) is -0.819. The quantitative estimate of drug-likeness (QED) is 0.589. The number of nitrogens with zero attached hydrogens (tertiary/aromatic N) is 1. The van der Waals surface area contributed by atoms with Gasteiger partial charge in [-0.15, -0.1) is 0 Å². The first-order valence-electron chi connectivity index (χ1n) is 7.14. The van der Waals surface area contributed by atoms with Gasteiger partial charge in [-0.3, -0.25) is 14.9 Å². The number of fused-ring (bicyclic) bond motifs is 1. The number of aryl methyl sites for hydroxylation is 1. The van der Waals surface area contributed by atoms with Gasteiger partial charge in [-0.2, -0.15) is 0 Å². The molecule has 8 heteroatoms. The van der Waals surface area contributed by atoms with Crippen LogP contribution in [0.25, 0.3) is 0 Å². The van der Waals surface area contributed by atoms with Gasteiger partial charge in [0.05, 0.1) is 34.9 Å². The normalized spacial score (nSPS) is 15.9. The highest BCUT2D eigenvalue weighted by Crippen LogP contribution is 2.39. The Bertz CT molecular complexity index is 850. The van der Waals surface area contributed by atoms with Crippen molar-refractivity contribution in [2.24, 2.45) is 0 Å². The lowest BCUT2D eigenvalue weighted by atomic mass is 10.0. The minimum absolute atomic E-state index is 0.0854. The number of ether oxygens (including phenoxy) is 1. The number of nitrogens with one attached hydrogen (secondary N) is 2. The fourth-order valence-electron chi connectivity index (χ4n) is 2.72. The number of anilines is 1. The number of aromatic hydroxyl groups is 1. The lowest BCUT2D eigenvalue weighted by Gasteiger charge is -2.29. The second kappa shape index (κ2) is 5.73. The summed E-state index contributed by atoms with van der Waals surface area (Å²) in [6.45, 7) is 1.84. The van der Waals surface area contributed by atoms with Crippen molar-refractivity contribution in [1.82, 2.24) is 5.32 Å². The summed E-state index contributed by atoms with van der Waals surface area (Å²) in [5.74, 6) is -0.590. The Morgan fingerprint density at radius 3 is 2.71 bits per heavy atom. The van der Waals surface area contributed by atoms with Crippen LogP contribution in [-0.4, -0.2) is 23.0 Å². The van der Waals surface area contributed by atoms with Crippen LogP contribution in [0.15, 0.2) is 30.3 Å². The molecule has 0 saturated carbocycles. The number of phenols is 1. The van der Waals surface area contributed by atoms with Crippen LogP contribution in [0.2, 0.25) is 0 Å². The standard InChI is InChI=1S/C16H15N3O5/c1-8-4-3-5-9-14(8)17-15(18-16(9)21)10-6-13(24-2)12(20)7-11(10)19(22)23/h3-7,15,17,20H,1-2H3,(H,18,21). The highest BCUT2D eigenvalue weighted by atomic mass is 16.6. The zero-order valence-electron chi connectivity index (χ0n) is 13.0. The van der Waals surface area contributed by atoms with E-state index in [2.05, 4.69) is 10.6 Å². The van der Waals surface area contributed by atoms with Crippen LogP contribution in [-0.2, 0) is 0 Å². The zero-order chi connectivity index (χ0) is 17.4. The van der Waals surface area contributed by atoms with E-state index in [4.69, 9.17) is 4.74 Å². The molecule has 0 fully saturated rings. The monoisotopic (exact) mass is 329 g/mol. The number of carbonyl (C=O) groups excluding carboxylic acids is 1. The molecule has 3 rings (SSSR count). The van der Waals surface area contributed by atoms with Crippen LogP contribution in [0, 0.1) is 17.0 Å². The van der Waals surface area contributed by atoms with Crippen molar-refractivity contribution in [2.75, 3.05) is 12.4 Å². The molecule has 3 N–H and O–H groups in total. The highest BCUT2D eigenvalue weighted by molar-refractivity contribution is 6.02. The molecule has 2 aromatic rings. The molecular weight excluding hydrogens is 314 g/mol. The summed E-state index contributed by atoms with van der Waals surface area (Å²) in [5.41, 5.74) is 1.81.